The van der Waals surface area contributed by atoms with Crippen LogP contribution in [0.1, 0.15) is 18.9 Å². The molecule has 0 aliphatic heterocycles. The first-order valence-electron chi connectivity index (χ1n) is 7.86. The van der Waals surface area contributed by atoms with Crippen LogP contribution in [0.5, 0.6) is 0 Å². The Balaban J connectivity index is 2.12. The van der Waals surface area contributed by atoms with E-state index in [-0.39, 0.29) is 17.4 Å². The number of carbonyl (C=O) groups is 1. The van der Waals surface area contributed by atoms with E-state index in [2.05, 4.69) is 5.10 Å². The molecule has 0 fully saturated rings. The Morgan fingerprint density at radius 1 is 1.31 bits per heavy atom. The number of allylic oxidation sites excluding steroid dienone is 6. The summed E-state index contributed by atoms with van der Waals surface area (Å²) in [5.41, 5.74) is 1.98. The Morgan fingerprint density at radius 2 is 2.04 bits per heavy atom. The Kier molecular flexibility index (Phi) is 6.70. The molecule has 0 saturated carbocycles. The summed E-state index contributed by atoms with van der Waals surface area (Å²) in [6, 6.07) is 7.41. The molecule has 0 heterocycles. The van der Waals surface area contributed by atoms with Crippen molar-refractivity contribution < 1.29 is 13.6 Å². The van der Waals surface area contributed by atoms with Gasteiger partial charge in [0.1, 0.15) is 0 Å². The lowest BCUT2D eigenvalue weighted by atomic mass is 10.1. The van der Waals surface area contributed by atoms with Crippen molar-refractivity contribution >= 4 is 28.4 Å². The van der Waals surface area contributed by atoms with Crippen molar-refractivity contribution in [3.8, 4) is 0 Å². The number of ketones is 1. The molecule has 2 rings (SSSR count). The predicted molar refractivity (Wildman–Crippen MR) is 103 cm³/mol. The van der Waals surface area contributed by atoms with Crippen LogP contribution in [0.4, 0.5) is 14.5 Å². The van der Waals surface area contributed by atoms with Gasteiger partial charge in [0, 0.05) is 5.57 Å². The maximum atomic E-state index is 13.3. The lowest BCUT2D eigenvalue weighted by molar-refractivity contribution is -0.114. The van der Waals surface area contributed by atoms with Crippen LogP contribution in [0.15, 0.2) is 64.8 Å². The summed E-state index contributed by atoms with van der Waals surface area (Å²) < 4.78 is 26.5. The minimum absolute atomic E-state index is 0.0127. The summed E-state index contributed by atoms with van der Waals surface area (Å²) in [5.74, 6) is 9.26. The van der Waals surface area contributed by atoms with Gasteiger partial charge in [-0.2, -0.15) is 5.10 Å². The van der Waals surface area contributed by atoms with Gasteiger partial charge >= 0.3 is 0 Å². The molecule has 0 bridgehead atoms. The average molecular weight is 378 g/mol. The topological polar surface area (TPSA) is 84.7 Å². The lowest BCUT2D eigenvalue weighted by Gasteiger charge is -2.22. The van der Waals surface area contributed by atoms with Gasteiger partial charge in [-0.25, -0.2) is 14.6 Å². The van der Waals surface area contributed by atoms with Crippen LogP contribution in [0, 0.1) is 6.92 Å². The fourth-order valence-electron chi connectivity index (χ4n) is 2.31. The van der Waals surface area contributed by atoms with Crippen molar-refractivity contribution in [3.63, 3.8) is 0 Å². The van der Waals surface area contributed by atoms with E-state index in [1.165, 1.54) is 11.1 Å². The fraction of sp³-hybridized carbons (Fsp3) is 0.222. The fourth-order valence-corrected chi connectivity index (χ4v) is 3.17. The van der Waals surface area contributed by atoms with Gasteiger partial charge < -0.3 is 5.84 Å². The number of benzene rings is 1. The van der Waals surface area contributed by atoms with Gasteiger partial charge in [0.2, 0.25) is 5.17 Å². The third kappa shape index (κ3) is 4.80. The van der Waals surface area contributed by atoms with Crippen molar-refractivity contribution in [2.24, 2.45) is 16.8 Å². The zero-order chi connectivity index (χ0) is 19.3. The van der Waals surface area contributed by atoms with Crippen LogP contribution in [-0.2, 0) is 4.79 Å². The van der Waals surface area contributed by atoms with Crippen LogP contribution in [0.3, 0.4) is 0 Å². The first kappa shape index (κ1) is 19.9. The Hall–Kier alpha value is -2.45. The molecule has 1 atom stereocenters. The number of hydrazine groups is 1. The Bertz CT molecular complexity index is 817. The zero-order valence-electron chi connectivity index (χ0n) is 14.4. The van der Waals surface area contributed by atoms with Crippen molar-refractivity contribution in [1.82, 2.24) is 0 Å². The second kappa shape index (κ2) is 8.77. The number of thioether (sulfide) groups is 1. The number of aryl methyl sites for hydroxylation is 1. The summed E-state index contributed by atoms with van der Waals surface area (Å²) in [5, 5.41) is 4.62. The predicted octanol–water partition coefficient (Wildman–Crippen LogP) is 3.63. The largest absolute Gasteiger partial charge is 0.321 e. The third-order valence-electron chi connectivity index (χ3n) is 3.72. The molecule has 26 heavy (non-hydrogen) atoms. The second-order valence-corrected chi connectivity index (χ2v) is 7.02. The van der Waals surface area contributed by atoms with Crippen LogP contribution in [0.2, 0.25) is 0 Å². The smallest absolute Gasteiger partial charge is 0.202 e. The molecule has 0 amide bonds. The molecule has 1 aromatic carbocycles. The molecule has 0 saturated heterocycles. The highest BCUT2D eigenvalue weighted by atomic mass is 32.2. The summed E-state index contributed by atoms with van der Waals surface area (Å²) in [6.07, 6.45) is 3.29. The van der Waals surface area contributed by atoms with Crippen LogP contribution in [-0.4, -0.2) is 16.2 Å². The van der Waals surface area contributed by atoms with E-state index in [0.29, 0.717) is 11.3 Å². The van der Waals surface area contributed by atoms with Gasteiger partial charge in [-0.05, 0) is 50.1 Å². The van der Waals surface area contributed by atoms with Crippen LogP contribution >= 0.6 is 11.8 Å². The summed E-state index contributed by atoms with van der Waals surface area (Å²) >= 11 is 1.07. The molecule has 1 aromatic rings. The number of hydrazone groups is 1. The highest BCUT2D eigenvalue weighted by Crippen LogP contribution is 2.26. The molecular weight excluding hydrogens is 358 g/mol. The number of anilines is 1. The highest BCUT2D eigenvalue weighted by Gasteiger charge is 2.23. The number of amidine groups is 1. The molecular formula is C18H20F2N4OS. The van der Waals surface area contributed by atoms with Gasteiger partial charge in [-0.15, -0.1) is 0 Å². The van der Waals surface area contributed by atoms with Gasteiger partial charge in [0.25, 0.3) is 0 Å². The van der Waals surface area contributed by atoms with E-state index in [1.807, 2.05) is 25.1 Å². The number of carbonyl (C=O) groups excluding carboxylic acids is 1. The minimum Gasteiger partial charge on any atom is -0.321 e. The number of hydrogen-bond acceptors (Lipinski definition) is 5. The first-order valence-corrected chi connectivity index (χ1v) is 8.74. The Morgan fingerprint density at radius 3 is 2.69 bits per heavy atom. The molecule has 138 valence electrons. The second-order valence-electron chi connectivity index (χ2n) is 5.71. The molecule has 1 aliphatic rings. The van der Waals surface area contributed by atoms with E-state index in [1.54, 1.807) is 13.0 Å². The molecule has 1 unspecified atom stereocenters. The number of nitrogens with two attached hydrogens (primary N) is 2. The van der Waals surface area contributed by atoms with Gasteiger partial charge in [-0.1, -0.05) is 30.0 Å². The molecule has 5 nitrogen and oxygen atoms in total. The lowest BCUT2D eigenvalue weighted by Crippen LogP contribution is -2.38. The van der Waals surface area contributed by atoms with Gasteiger partial charge in [-0.3, -0.25) is 9.80 Å². The van der Waals surface area contributed by atoms with E-state index < -0.39 is 16.9 Å². The summed E-state index contributed by atoms with van der Waals surface area (Å²) in [7, 11) is 0. The third-order valence-corrected chi connectivity index (χ3v) is 4.80. The molecule has 0 aromatic heterocycles. The molecule has 8 heteroatoms. The number of nitrogens with zero attached hydrogens (tertiary/aromatic N) is 2. The number of rotatable bonds is 4. The van der Waals surface area contributed by atoms with Crippen molar-refractivity contribution in [3.05, 3.63) is 65.3 Å². The van der Waals surface area contributed by atoms with Crippen molar-refractivity contribution in [2.45, 2.75) is 25.5 Å². The minimum atomic E-state index is -0.995. The first-order chi connectivity index (χ1) is 12.3. The van der Waals surface area contributed by atoms with Crippen LogP contribution < -0.4 is 16.7 Å². The number of halogens is 2. The molecule has 1 aliphatic carbocycles. The van der Waals surface area contributed by atoms with Gasteiger partial charge in [0.05, 0.1) is 10.9 Å². The van der Waals surface area contributed by atoms with E-state index in [4.69, 9.17) is 11.7 Å². The maximum absolute atomic E-state index is 13.3. The summed E-state index contributed by atoms with van der Waals surface area (Å²) in [4.78, 5) is 12.6. The quantitative estimate of drug-likeness (QED) is 0.362. The monoisotopic (exact) mass is 378 g/mol. The van der Waals surface area contributed by atoms with Gasteiger partial charge in [0.15, 0.2) is 17.4 Å². The molecule has 4 N–H and O–H groups in total. The van der Waals surface area contributed by atoms with Crippen molar-refractivity contribution in [2.75, 3.05) is 5.01 Å². The zero-order valence-corrected chi connectivity index (χ0v) is 15.3. The number of Topliss-reactive ketones (excluding diaryl/α,β-unsaturated/α-hetero) is 1. The molecule has 0 radical (unpaired) electrons. The standard InChI is InChI=1S/C18H20F2N4OS/c1-11-4-3-5-14(10-11)24(22)18(23-21)26-12(2)17(25)13-6-8-15(19)16(20)9-7-13/h3-6,8-10,12H,7,21-22H2,1-2H3/b23-18+. The average Bonchev–Trinajstić information content (AvgIpc) is 2.80. The molecule has 0 spiro atoms. The van der Waals surface area contributed by atoms with Crippen molar-refractivity contribution in [1.29, 1.82) is 0 Å². The Labute approximate surface area is 155 Å². The SMILES string of the molecule is Cc1cccc(N(N)/C(=N\N)SC(C)C(=O)C2=CC=C(F)C(F)=CC2)c1. The number of hydrogen-bond donors (Lipinski definition) is 2. The maximum Gasteiger partial charge on any atom is 0.202 e. The van der Waals surface area contributed by atoms with Crippen LogP contribution in [0.25, 0.3) is 0 Å². The highest BCUT2D eigenvalue weighted by molar-refractivity contribution is 8.15. The summed E-state index contributed by atoms with van der Waals surface area (Å²) in [6.45, 7) is 3.59. The van der Waals surface area contributed by atoms with E-state index in [0.717, 1.165) is 29.5 Å². The normalized spacial score (nSPS) is 16.2. The van der Waals surface area contributed by atoms with E-state index >= 15 is 0 Å². The van der Waals surface area contributed by atoms with E-state index in [9.17, 15) is 13.6 Å².